The molecule has 3 heterocycles. The topological polar surface area (TPSA) is 48.6 Å². The van der Waals surface area contributed by atoms with E-state index >= 15 is 0 Å². The van der Waals surface area contributed by atoms with Crippen molar-refractivity contribution in [3.8, 4) is 5.75 Å². The Hall–Kier alpha value is -2.86. The van der Waals surface area contributed by atoms with Crippen LogP contribution in [-0.4, -0.2) is 45.5 Å². The van der Waals surface area contributed by atoms with Gasteiger partial charge in [0, 0.05) is 29.6 Å². The van der Waals surface area contributed by atoms with Gasteiger partial charge in [-0.3, -0.25) is 9.69 Å². The lowest BCUT2D eigenvalue weighted by Crippen LogP contribution is -2.44. The highest BCUT2D eigenvalue weighted by Gasteiger charge is 2.50. The molecule has 2 atom stereocenters. The van der Waals surface area contributed by atoms with Crippen molar-refractivity contribution in [1.29, 1.82) is 0 Å². The van der Waals surface area contributed by atoms with E-state index in [2.05, 4.69) is 54.1 Å². The van der Waals surface area contributed by atoms with E-state index in [9.17, 15) is 4.79 Å². The van der Waals surface area contributed by atoms with Crippen molar-refractivity contribution in [3.63, 3.8) is 0 Å². The Bertz CT molecular complexity index is 1140. The number of amides is 1. The number of nitrogens with zero attached hydrogens (tertiary/aromatic N) is 2. The first-order valence-electron chi connectivity index (χ1n) is 10.4. The Kier molecular flexibility index (Phi) is 4.54. The van der Waals surface area contributed by atoms with Crippen LogP contribution in [0.2, 0.25) is 0 Å². The van der Waals surface area contributed by atoms with E-state index < -0.39 is 0 Å². The lowest BCUT2D eigenvalue weighted by molar-refractivity contribution is -0.128. The van der Waals surface area contributed by atoms with Gasteiger partial charge in [-0.2, -0.15) is 0 Å². The highest BCUT2D eigenvalue weighted by atomic mass is 32.1. The molecule has 2 aliphatic rings. The molecule has 5 rings (SSSR count). The summed E-state index contributed by atoms with van der Waals surface area (Å²) >= 11 is 5.86. The highest BCUT2D eigenvalue weighted by molar-refractivity contribution is 7.80. The number of hydrogen-bond acceptors (Lipinski definition) is 3. The van der Waals surface area contributed by atoms with Gasteiger partial charge in [-0.1, -0.05) is 44.2 Å². The van der Waals surface area contributed by atoms with Gasteiger partial charge in [0.25, 0.3) is 5.91 Å². The smallest absolute Gasteiger partial charge is 0.251 e. The van der Waals surface area contributed by atoms with Crippen LogP contribution in [0, 0.1) is 5.92 Å². The second kappa shape index (κ2) is 7.13. The van der Waals surface area contributed by atoms with E-state index in [0.717, 1.165) is 22.5 Å². The highest BCUT2D eigenvalue weighted by Crippen LogP contribution is 2.44. The van der Waals surface area contributed by atoms with Crippen LogP contribution < -0.4 is 4.74 Å². The third kappa shape index (κ3) is 2.82. The average Bonchev–Trinajstić information content (AvgIpc) is 3.23. The number of ether oxygens (including phenoxy) is 1. The summed E-state index contributed by atoms with van der Waals surface area (Å²) < 4.78 is 5.35. The van der Waals surface area contributed by atoms with Crippen LogP contribution in [0.3, 0.4) is 0 Å². The minimum Gasteiger partial charge on any atom is -0.497 e. The number of carbonyl (C=O) groups excluding carboxylic acids is 1. The van der Waals surface area contributed by atoms with Crippen molar-refractivity contribution in [2.24, 2.45) is 5.92 Å². The van der Waals surface area contributed by atoms with Crippen LogP contribution in [0.1, 0.15) is 36.7 Å². The van der Waals surface area contributed by atoms with Gasteiger partial charge in [0.1, 0.15) is 11.8 Å². The maximum absolute atomic E-state index is 13.4. The van der Waals surface area contributed by atoms with Crippen molar-refractivity contribution in [3.05, 3.63) is 65.4 Å². The van der Waals surface area contributed by atoms with Crippen LogP contribution >= 0.6 is 12.2 Å². The number of para-hydroxylation sites is 1. The number of aromatic nitrogens is 1. The summed E-state index contributed by atoms with van der Waals surface area (Å²) in [5, 5.41) is 1.82. The molecule has 0 radical (unpaired) electrons. The first-order chi connectivity index (χ1) is 14.5. The summed E-state index contributed by atoms with van der Waals surface area (Å²) in [7, 11) is 1.67. The molecule has 5 nitrogen and oxygen atoms in total. The van der Waals surface area contributed by atoms with Crippen molar-refractivity contribution in [2.75, 3.05) is 13.7 Å². The van der Waals surface area contributed by atoms with Crippen molar-refractivity contribution in [2.45, 2.75) is 32.4 Å². The minimum absolute atomic E-state index is 0.114. The summed E-state index contributed by atoms with van der Waals surface area (Å²) in [6.07, 6.45) is 0.666. The summed E-state index contributed by atoms with van der Waals surface area (Å²) in [6, 6.07) is 16.0. The van der Waals surface area contributed by atoms with Crippen molar-refractivity contribution in [1.82, 2.24) is 14.8 Å². The lowest BCUT2D eigenvalue weighted by Gasteiger charge is -2.37. The van der Waals surface area contributed by atoms with Crippen LogP contribution in [0.15, 0.2) is 48.5 Å². The molecule has 154 valence electrons. The molecular formula is C24H25N3O2S. The Labute approximate surface area is 181 Å². The van der Waals surface area contributed by atoms with Gasteiger partial charge in [-0.25, -0.2) is 0 Å². The maximum atomic E-state index is 13.4. The zero-order chi connectivity index (χ0) is 21.0. The maximum Gasteiger partial charge on any atom is 0.251 e. The molecule has 0 spiro atoms. The van der Waals surface area contributed by atoms with Crippen LogP contribution in [-0.2, 0) is 11.2 Å². The number of H-pyrrole nitrogens is 1. The number of benzene rings is 2. The van der Waals surface area contributed by atoms with E-state index in [0.29, 0.717) is 24.0 Å². The normalized spacial score (nSPS) is 20.8. The molecule has 1 amide bonds. The molecule has 1 saturated heterocycles. The fourth-order valence-corrected chi connectivity index (χ4v) is 5.19. The Morgan fingerprint density at radius 2 is 1.90 bits per heavy atom. The van der Waals surface area contributed by atoms with E-state index in [1.165, 1.54) is 10.9 Å². The molecule has 2 unspecified atom stereocenters. The summed E-state index contributed by atoms with van der Waals surface area (Å²) in [6.45, 7) is 4.88. The second-order valence-corrected chi connectivity index (χ2v) is 8.86. The lowest BCUT2D eigenvalue weighted by atomic mass is 9.89. The van der Waals surface area contributed by atoms with Gasteiger partial charge in [0.05, 0.1) is 13.2 Å². The molecular weight excluding hydrogens is 394 g/mol. The fourth-order valence-electron chi connectivity index (χ4n) is 4.80. The zero-order valence-corrected chi connectivity index (χ0v) is 18.2. The molecule has 1 N–H and O–H groups in total. The van der Waals surface area contributed by atoms with Gasteiger partial charge in [0.15, 0.2) is 5.11 Å². The standard InChI is InChI=1S/C24H25N3O2S/c1-14(2)13-26-23(28)20-12-18-17-6-4-5-7-19(17)25-21(18)22(27(20)24(26)30)15-8-10-16(29-3)11-9-15/h4-11,14,20,22,25H,12-13H2,1-3H3. The number of carbonyl (C=O) groups is 1. The van der Waals surface area contributed by atoms with E-state index in [1.807, 2.05) is 18.2 Å². The fraction of sp³-hybridized carbons (Fsp3) is 0.333. The number of methoxy groups -OCH3 is 1. The Morgan fingerprint density at radius 1 is 1.17 bits per heavy atom. The number of fused-ring (bicyclic) bond motifs is 4. The molecule has 0 aliphatic carbocycles. The molecule has 6 heteroatoms. The van der Waals surface area contributed by atoms with Crippen molar-refractivity contribution < 1.29 is 9.53 Å². The van der Waals surface area contributed by atoms with E-state index in [-0.39, 0.29) is 18.0 Å². The van der Waals surface area contributed by atoms with Gasteiger partial charge in [-0.15, -0.1) is 0 Å². The van der Waals surface area contributed by atoms with E-state index in [4.69, 9.17) is 17.0 Å². The number of nitrogens with one attached hydrogen (secondary N) is 1. The van der Waals surface area contributed by atoms with Crippen LogP contribution in [0.4, 0.5) is 0 Å². The molecule has 2 aromatic carbocycles. The molecule has 30 heavy (non-hydrogen) atoms. The number of thiocarbonyl (C=S) groups is 1. The van der Waals surface area contributed by atoms with Crippen LogP contribution in [0.25, 0.3) is 10.9 Å². The Morgan fingerprint density at radius 3 is 2.60 bits per heavy atom. The third-order valence-electron chi connectivity index (χ3n) is 6.11. The molecule has 1 aromatic heterocycles. The number of aromatic amines is 1. The predicted octanol–water partition coefficient (Wildman–Crippen LogP) is 4.28. The Balaban J connectivity index is 1.68. The molecule has 2 aliphatic heterocycles. The quantitative estimate of drug-likeness (QED) is 0.642. The zero-order valence-electron chi connectivity index (χ0n) is 17.4. The second-order valence-electron chi connectivity index (χ2n) is 8.49. The summed E-state index contributed by atoms with van der Waals surface area (Å²) in [4.78, 5) is 21.0. The summed E-state index contributed by atoms with van der Waals surface area (Å²) in [5.41, 5.74) is 4.53. The van der Waals surface area contributed by atoms with E-state index in [1.54, 1.807) is 12.0 Å². The number of rotatable bonds is 4. The largest absolute Gasteiger partial charge is 0.497 e. The van der Waals surface area contributed by atoms with Crippen LogP contribution in [0.5, 0.6) is 5.75 Å². The predicted molar refractivity (Wildman–Crippen MR) is 122 cm³/mol. The van der Waals surface area contributed by atoms with Gasteiger partial charge in [-0.05, 0) is 47.5 Å². The van der Waals surface area contributed by atoms with Crippen molar-refractivity contribution >= 4 is 34.1 Å². The molecule has 1 fully saturated rings. The van der Waals surface area contributed by atoms with Gasteiger partial charge >= 0.3 is 0 Å². The first kappa shape index (κ1) is 19.1. The minimum atomic E-state index is -0.268. The number of hydrogen-bond donors (Lipinski definition) is 1. The SMILES string of the molecule is COc1ccc(C2c3[nH]c4ccccc4c3CC3C(=O)N(CC(C)C)C(=S)N32)cc1. The van der Waals surface area contributed by atoms with Gasteiger partial charge in [0.2, 0.25) is 0 Å². The molecule has 0 saturated carbocycles. The monoisotopic (exact) mass is 419 g/mol. The first-order valence-corrected chi connectivity index (χ1v) is 10.8. The molecule has 0 bridgehead atoms. The van der Waals surface area contributed by atoms with Gasteiger partial charge < -0.3 is 14.6 Å². The summed E-state index contributed by atoms with van der Waals surface area (Å²) in [5.74, 6) is 1.28. The third-order valence-corrected chi connectivity index (χ3v) is 6.54. The molecule has 3 aromatic rings. The average molecular weight is 420 g/mol.